The summed E-state index contributed by atoms with van der Waals surface area (Å²) in [5.41, 5.74) is 1.19. The molecule has 2 atom stereocenters. The van der Waals surface area contributed by atoms with Gasteiger partial charge in [-0.1, -0.05) is 44.2 Å². The van der Waals surface area contributed by atoms with E-state index in [1.165, 1.54) is 5.56 Å². The fourth-order valence-electron chi connectivity index (χ4n) is 2.88. The number of rotatable bonds is 6. The normalized spacial score (nSPS) is 22.1. The van der Waals surface area contributed by atoms with Gasteiger partial charge in [0.25, 0.3) is 10.2 Å². The molecule has 21 heavy (non-hydrogen) atoms. The summed E-state index contributed by atoms with van der Waals surface area (Å²) in [6, 6.07) is 10.1. The summed E-state index contributed by atoms with van der Waals surface area (Å²) in [6.45, 7) is 5.95. The maximum atomic E-state index is 12.4. The van der Waals surface area contributed by atoms with Crippen LogP contribution in [-0.4, -0.2) is 32.4 Å². The summed E-state index contributed by atoms with van der Waals surface area (Å²) >= 11 is 0. The Kier molecular flexibility index (Phi) is 5.79. The lowest BCUT2D eigenvalue weighted by Crippen LogP contribution is -2.46. The number of benzene rings is 1. The van der Waals surface area contributed by atoms with E-state index in [0.29, 0.717) is 25.6 Å². The second-order valence-corrected chi connectivity index (χ2v) is 7.73. The SMILES string of the molecule is CCC(CNS(=O)(=O)N1CCCC(C)C1)c1ccccc1. The van der Waals surface area contributed by atoms with Crippen LogP contribution in [-0.2, 0) is 10.2 Å². The monoisotopic (exact) mass is 310 g/mol. The molecule has 1 aliphatic heterocycles. The van der Waals surface area contributed by atoms with Gasteiger partial charge < -0.3 is 0 Å². The van der Waals surface area contributed by atoms with Crippen molar-refractivity contribution in [3.05, 3.63) is 35.9 Å². The summed E-state index contributed by atoms with van der Waals surface area (Å²) < 4.78 is 29.2. The number of nitrogens with one attached hydrogen (secondary N) is 1. The Bertz CT molecular complexity index is 530. The number of hydrogen-bond acceptors (Lipinski definition) is 2. The van der Waals surface area contributed by atoms with Crippen molar-refractivity contribution >= 4 is 10.2 Å². The van der Waals surface area contributed by atoms with E-state index in [0.717, 1.165) is 19.3 Å². The van der Waals surface area contributed by atoms with E-state index in [1.807, 2.05) is 18.2 Å². The van der Waals surface area contributed by atoms with Crippen molar-refractivity contribution in [2.24, 2.45) is 5.92 Å². The first-order chi connectivity index (χ1) is 10.0. The minimum Gasteiger partial charge on any atom is -0.202 e. The summed E-state index contributed by atoms with van der Waals surface area (Å²) in [6.07, 6.45) is 2.99. The van der Waals surface area contributed by atoms with Gasteiger partial charge in [-0.25, -0.2) is 4.72 Å². The van der Waals surface area contributed by atoms with Crippen LogP contribution in [0.15, 0.2) is 30.3 Å². The zero-order valence-electron chi connectivity index (χ0n) is 13.0. The fraction of sp³-hybridized carbons (Fsp3) is 0.625. The summed E-state index contributed by atoms with van der Waals surface area (Å²) in [4.78, 5) is 0. The third kappa shape index (κ3) is 4.53. The smallest absolute Gasteiger partial charge is 0.202 e. The molecule has 0 bridgehead atoms. The van der Waals surface area contributed by atoms with Gasteiger partial charge in [0.1, 0.15) is 0 Å². The van der Waals surface area contributed by atoms with Gasteiger partial charge in [-0.15, -0.1) is 0 Å². The van der Waals surface area contributed by atoms with Gasteiger partial charge >= 0.3 is 0 Å². The molecule has 1 fully saturated rings. The molecule has 1 N–H and O–H groups in total. The highest BCUT2D eigenvalue weighted by Gasteiger charge is 2.27. The molecule has 0 radical (unpaired) electrons. The molecule has 1 aliphatic rings. The van der Waals surface area contributed by atoms with Crippen LogP contribution < -0.4 is 4.72 Å². The largest absolute Gasteiger partial charge is 0.279 e. The minimum atomic E-state index is -3.35. The van der Waals surface area contributed by atoms with E-state index >= 15 is 0 Å². The average Bonchev–Trinajstić information content (AvgIpc) is 2.49. The van der Waals surface area contributed by atoms with Crippen LogP contribution in [0, 0.1) is 5.92 Å². The first kappa shape index (κ1) is 16.5. The Hall–Kier alpha value is -0.910. The molecular weight excluding hydrogens is 284 g/mol. The lowest BCUT2D eigenvalue weighted by Gasteiger charge is -2.30. The van der Waals surface area contributed by atoms with Crippen LogP contribution in [0.1, 0.15) is 44.6 Å². The van der Waals surface area contributed by atoms with E-state index in [4.69, 9.17) is 0 Å². The first-order valence-electron chi connectivity index (χ1n) is 7.82. The predicted octanol–water partition coefficient (Wildman–Crippen LogP) is 2.75. The van der Waals surface area contributed by atoms with E-state index < -0.39 is 10.2 Å². The molecule has 4 nitrogen and oxygen atoms in total. The fourth-order valence-corrected chi connectivity index (χ4v) is 4.30. The van der Waals surface area contributed by atoms with E-state index in [9.17, 15) is 8.42 Å². The van der Waals surface area contributed by atoms with Crippen LogP contribution in [0.5, 0.6) is 0 Å². The Balaban J connectivity index is 1.97. The van der Waals surface area contributed by atoms with E-state index in [2.05, 4.69) is 30.7 Å². The van der Waals surface area contributed by atoms with Crippen molar-refractivity contribution in [2.75, 3.05) is 19.6 Å². The molecule has 1 aromatic rings. The first-order valence-corrected chi connectivity index (χ1v) is 9.26. The second-order valence-electron chi connectivity index (χ2n) is 5.97. The van der Waals surface area contributed by atoms with Gasteiger partial charge in [-0.05, 0) is 36.7 Å². The molecule has 0 saturated carbocycles. The van der Waals surface area contributed by atoms with Crippen molar-refractivity contribution in [1.29, 1.82) is 0 Å². The highest BCUT2D eigenvalue weighted by Crippen LogP contribution is 2.20. The quantitative estimate of drug-likeness (QED) is 0.878. The molecule has 0 amide bonds. The predicted molar refractivity (Wildman–Crippen MR) is 86.4 cm³/mol. The Morgan fingerprint density at radius 3 is 2.67 bits per heavy atom. The second kappa shape index (κ2) is 7.38. The average molecular weight is 310 g/mol. The van der Waals surface area contributed by atoms with Gasteiger partial charge in [-0.3, -0.25) is 0 Å². The number of nitrogens with zero attached hydrogens (tertiary/aromatic N) is 1. The number of hydrogen-bond donors (Lipinski definition) is 1. The topological polar surface area (TPSA) is 49.4 Å². The minimum absolute atomic E-state index is 0.225. The van der Waals surface area contributed by atoms with E-state index in [1.54, 1.807) is 4.31 Å². The van der Waals surface area contributed by atoms with Gasteiger partial charge in [0.15, 0.2) is 0 Å². The third-order valence-electron chi connectivity index (χ3n) is 4.24. The van der Waals surface area contributed by atoms with Crippen molar-refractivity contribution in [2.45, 2.75) is 39.0 Å². The van der Waals surface area contributed by atoms with Crippen LogP contribution in [0.3, 0.4) is 0 Å². The molecule has 1 aromatic carbocycles. The van der Waals surface area contributed by atoms with Crippen molar-refractivity contribution in [3.63, 3.8) is 0 Å². The summed E-state index contributed by atoms with van der Waals surface area (Å²) in [5, 5.41) is 0. The molecule has 118 valence electrons. The van der Waals surface area contributed by atoms with Crippen LogP contribution in [0.25, 0.3) is 0 Å². The van der Waals surface area contributed by atoms with Gasteiger partial charge in [0.2, 0.25) is 0 Å². The molecule has 5 heteroatoms. The molecule has 0 aromatic heterocycles. The molecule has 0 spiro atoms. The lowest BCUT2D eigenvalue weighted by molar-refractivity contribution is 0.278. The van der Waals surface area contributed by atoms with Gasteiger partial charge in [0, 0.05) is 19.6 Å². The van der Waals surface area contributed by atoms with Crippen molar-refractivity contribution < 1.29 is 8.42 Å². The lowest BCUT2D eigenvalue weighted by atomic mass is 9.97. The van der Waals surface area contributed by atoms with Crippen molar-refractivity contribution in [1.82, 2.24) is 9.03 Å². The van der Waals surface area contributed by atoms with Crippen LogP contribution in [0.4, 0.5) is 0 Å². The molecular formula is C16H26N2O2S. The Morgan fingerprint density at radius 2 is 2.05 bits per heavy atom. The zero-order chi connectivity index (χ0) is 15.3. The zero-order valence-corrected chi connectivity index (χ0v) is 13.8. The summed E-state index contributed by atoms with van der Waals surface area (Å²) in [7, 11) is -3.35. The Labute approximate surface area is 128 Å². The molecule has 2 unspecified atom stereocenters. The molecule has 1 heterocycles. The van der Waals surface area contributed by atoms with Crippen LogP contribution in [0.2, 0.25) is 0 Å². The Morgan fingerprint density at radius 1 is 1.33 bits per heavy atom. The number of piperidine rings is 1. The highest BCUT2D eigenvalue weighted by atomic mass is 32.2. The summed E-state index contributed by atoms with van der Waals surface area (Å²) in [5.74, 6) is 0.676. The van der Waals surface area contributed by atoms with Crippen molar-refractivity contribution in [3.8, 4) is 0 Å². The van der Waals surface area contributed by atoms with Gasteiger partial charge in [-0.2, -0.15) is 12.7 Å². The standard InChI is InChI=1S/C16H26N2O2S/c1-3-15(16-9-5-4-6-10-16)12-17-21(19,20)18-11-7-8-14(2)13-18/h4-6,9-10,14-15,17H,3,7-8,11-13H2,1-2H3. The highest BCUT2D eigenvalue weighted by molar-refractivity contribution is 7.87. The molecule has 0 aliphatic carbocycles. The van der Waals surface area contributed by atoms with Crippen LogP contribution >= 0.6 is 0 Å². The van der Waals surface area contributed by atoms with Gasteiger partial charge in [0.05, 0.1) is 0 Å². The molecule has 1 saturated heterocycles. The van der Waals surface area contributed by atoms with E-state index in [-0.39, 0.29) is 5.92 Å². The molecule has 2 rings (SSSR count). The third-order valence-corrected chi connectivity index (χ3v) is 5.78. The maximum absolute atomic E-state index is 12.4. The maximum Gasteiger partial charge on any atom is 0.279 e.